The Hall–Kier alpha value is -5.46. The lowest BCUT2D eigenvalue weighted by Crippen LogP contribution is -2.51. The molecule has 0 radical (unpaired) electrons. The van der Waals surface area contributed by atoms with Gasteiger partial charge in [-0.25, -0.2) is 14.4 Å². The number of benzene rings is 1. The van der Waals surface area contributed by atoms with E-state index in [-0.39, 0.29) is 64.0 Å². The third kappa shape index (κ3) is 19.5. The normalized spacial score (nSPS) is 19.4. The monoisotopic (exact) mass is 852 g/mol. The lowest BCUT2D eigenvalue weighted by Gasteiger charge is -2.33. The van der Waals surface area contributed by atoms with Crippen LogP contribution in [0.2, 0.25) is 0 Å². The van der Waals surface area contributed by atoms with E-state index in [0.717, 1.165) is 0 Å². The van der Waals surface area contributed by atoms with Crippen molar-refractivity contribution >= 4 is 47.7 Å². The number of ether oxygens (including phenoxy) is 1. The van der Waals surface area contributed by atoms with E-state index in [4.69, 9.17) is 9.84 Å². The van der Waals surface area contributed by atoms with Crippen LogP contribution in [0.3, 0.4) is 0 Å². The molecule has 0 saturated carbocycles. The fourth-order valence-electron chi connectivity index (χ4n) is 6.29. The van der Waals surface area contributed by atoms with Crippen molar-refractivity contribution in [3.63, 3.8) is 0 Å². The Morgan fingerprint density at radius 1 is 0.633 bits per heavy atom. The zero-order valence-corrected chi connectivity index (χ0v) is 33.2. The van der Waals surface area contributed by atoms with Gasteiger partial charge in [0.15, 0.2) is 6.29 Å². The number of hydrogen-bond acceptors (Lipinski definition) is 14. The van der Waals surface area contributed by atoms with Gasteiger partial charge in [0.05, 0.1) is 19.6 Å². The summed E-state index contributed by atoms with van der Waals surface area (Å²) in [5.74, 6) is -6.77. The van der Waals surface area contributed by atoms with Gasteiger partial charge in [-0.1, -0.05) is 12.1 Å². The van der Waals surface area contributed by atoms with Crippen molar-refractivity contribution in [1.82, 2.24) is 40.9 Å². The highest BCUT2D eigenvalue weighted by molar-refractivity contribution is 5.94. The summed E-state index contributed by atoms with van der Waals surface area (Å²) in [6.45, 7) is 3.44. The number of epoxide rings is 1. The number of aliphatic hydroxyl groups excluding tert-OH is 1. The molecule has 2 aliphatic heterocycles. The van der Waals surface area contributed by atoms with Gasteiger partial charge in [0.2, 0.25) is 5.91 Å². The van der Waals surface area contributed by atoms with Crippen molar-refractivity contribution in [2.75, 3.05) is 85.1 Å². The van der Waals surface area contributed by atoms with E-state index >= 15 is 0 Å². The highest BCUT2D eigenvalue weighted by Gasteiger charge is 2.38. The quantitative estimate of drug-likeness (QED) is 0.0398. The molecule has 4 amide bonds. The maximum atomic E-state index is 13.1. The summed E-state index contributed by atoms with van der Waals surface area (Å²) in [6, 6.07) is 2.58. The van der Waals surface area contributed by atoms with Gasteiger partial charge in [-0.2, -0.15) is 0 Å². The Kier molecular flexibility index (Phi) is 20.6. The van der Waals surface area contributed by atoms with Gasteiger partial charge in [-0.3, -0.25) is 43.6 Å². The number of aliphatic hydroxyl groups is 1. The first kappa shape index (κ1) is 48.9. The summed E-state index contributed by atoms with van der Waals surface area (Å²) < 4.78 is 5.18. The third-order valence-electron chi connectivity index (χ3n) is 9.77. The van der Waals surface area contributed by atoms with E-state index in [9.17, 15) is 63.9 Å². The molecule has 3 rings (SSSR count). The molecule has 23 heteroatoms. The molecule has 2 aliphatic rings. The third-order valence-corrected chi connectivity index (χ3v) is 9.77. The lowest BCUT2D eigenvalue weighted by molar-refractivity contribution is -0.141. The van der Waals surface area contributed by atoms with Crippen molar-refractivity contribution < 1.29 is 73.7 Å². The summed E-state index contributed by atoms with van der Waals surface area (Å²) in [6.07, 6.45) is -1.51. The largest absolute Gasteiger partial charge is 0.481 e. The number of amides is 4. The Labute approximate surface area is 345 Å². The van der Waals surface area contributed by atoms with Crippen molar-refractivity contribution in [1.29, 1.82) is 0 Å². The lowest BCUT2D eigenvalue weighted by atomic mass is 10.1. The molecule has 2 saturated heterocycles. The van der Waals surface area contributed by atoms with Gasteiger partial charge in [-0.15, -0.1) is 0 Å². The average Bonchev–Trinajstić information content (AvgIpc) is 3.88. The first-order valence-electron chi connectivity index (χ1n) is 19.5. The molecule has 0 spiro atoms. The molecule has 2 heterocycles. The van der Waals surface area contributed by atoms with Gasteiger partial charge in [0, 0.05) is 84.0 Å². The number of nitrogens with one attached hydrogen (secondary N) is 4. The molecular weight excluding hydrogens is 796 g/mol. The molecule has 334 valence electrons. The molecular formula is C37H56N8O15. The van der Waals surface area contributed by atoms with Crippen LogP contribution in [0.25, 0.3) is 0 Å². The molecule has 0 bridgehead atoms. The number of carboxylic acids is 5. The Morgan fingerprint density at radius 3 is 1.58 bits per heavy atom. The van der Waals surface area contributed by atoms with E-state index in [1.165, 1.54) is 0 Å². The summed E-state index contributed by atoms with van der Waals surface area (Å²) in [5, 5.41) is 65.9. The van der Waals surface area contributed by atoms with Crippen LogP contribution in [0.5, 0.6) is 0 Å². The maximum Gasteiger partial charge on any atom is 0.326 e. The minimum absolute atomic E-state index is 0.0131. The predicted octanol–water partition coefficient (Wildman–Crippen LogP) is -2.62. The Morgan fingerprint density at radius 2 is 1.12 bits per heavy atom. The van der Waals surface area contributed by atoms with Gasteiger partial charge < -0.3 is 56.6 Å². The molecule has 4 unspecified atom stereocenters. The fourth-order valence-corrected chi connectivity index (χ4v) is 6.29. The molecule has 2 fully saturated rings. The van der Waals surface area contributed by atoms with Crippen LogP contribution in [0.15, 0.2) is 24.3 Å². The van der Waals surface area contributed by atoms with E-state index in [1.54, 1.807) is 34.1 Å². The molecule has 1 aromatic rings. The number of urea groups is 1. The first-order valence-corrected chi connectivity index (χ1v) is 19.5. The fraction of sp³-hybridized carbons (Fsp3) is 0.622. The highest BCUT2D eigenvalue weighted by atomic mass is 16.7. The number of carboxylic acid groups (broad SMARTS) is 5. The number of hydrogen-bond donors (Lipinski definition) is 10. The maximum absolute atomic E-state index is 13.1. The molecule has 4 atom stereocenters. The summed E-state index contributed by atoms with van der Waals surface area (Å²) in [4.78, 5) is 102. The molecule has 0 aromatic heterocycles. The average molecular weight is 853 g/mol. The van der Waals surface area contributed by atoms with Crippen LogP contribution in [0.4, 0.5) is 4.79 Å². The number of carbonyl (C=O) groups is 8. The van der Waals surface area contributed by atoms with Crippen molar-refractivity contribution in [2.24, 2.45) is 0 Å². The second-order valence-electron chi connectivity index (χ2n) is 14.5. The topological polar surface area (TPSA) is 332 Å². The van der Waals surface area contributed by atoms with Gasteiger partial charge in [0.25, 0.3) is 5.91 Å². The molecule has 23 nitrogen and oxygen atoms in total. The Bertz CT molecular complexity index is 1630. The predicted molar refractivity (Wildman–Crippen MR) is 208 cm³/mol. The van der Waals surface area contributed by atoms with E-state index in [2.05, 4.69) is 21.3 Å². The van der Waals surface area contributed by atoms with Crippen LogP contribution in [-0.4, -0.2) is 207 Å². The van der Waals surface area contributed by atoms with Crippen molar-refractivity contribution in [2.45, 2.75) is 63.1 Å². The summed E-state index contributed by atoms with van der Waals surface area (Å²) >= 11 is 0. The second-order valence-corrected chi connectivity index (χ2v) is 14.5. The van der Waals surface area contributed by atoms with Crippen LogP contribution >= 0.6 is 0 Å². The highest BCUT2D eigenvalue weighted by Crippen LogP contribution is 2.20. The Balaban J connectivity index is 1.45. The van der Waals surface area contributed by atoms with Crippen LogP contribution in [0.1, 0.15) is 48.0 Å². The number of aliphatic carboxylic acids is 5. The molecule has 60 heavy (non-hydrogen) atoms. The SMILES string of the molecule is O=C(O)CCC(NC(=O)NC(CCCCNC(=O)c1ccc(CNC(=O)CN2CCN(CC(=O)O)CCN(CC(=O)O)CCN(CC3OC3O)CC2)cc1)C(=O)O)C(=O)O. The van der Waals surface area contributed by atoms with Crippen molar-refractivity contribution in [3.05, 3.63) is 35.4 Å². The van der Waals surface area contributed by atoms with Crippen LogP contribution in [-0.2, 0) is 40.0 Å². The van der Waals surface area contributed by atoms with E-state index in [0.29, 0.717) is 76.5 Å². The van der Waals surface area contributed by atoms with Gasteiger partial charge >= 0.3 is 35.9 Å². The van der Waals surface area contributed by atoms with Gasteiger partial charge in [0.1, 0.15) is 18.2 Å². The number of unbranched alkanes of at least 4 members (excludes halogenated alkanes) is 1. The minimum Gasteiger partial charge on any atom is -0.481 e. The molecule has 0 aliphatic carbocycles. The zero-order valence-electron chi connectivity index (χ0n) is 33.2. The molecule has 1 aromatic carbocycles. The second kappa shape index (κ2) is 25.2. The van der Waals surface area contributed by atoms with E-state index < -0.39 is 66.6 Å². The van der Waals surface area contributed by atoms with Crippen LogP contribution < -0.4 is 21.3 Å². The van der Waals surface area contributed by atoms with E-state index in [1.807, 2.05) is 9.80 Å². The van der Waals surface area contributed by atoms with Crippen molar-refractivity contribution in [3.8, 4) is 0 Å². The zero-order chi connectivity index (χ0) is 44.2. The first-order chi connectivity index (χ1) is 28.5. The minimum atomic E-state index is -1.52. The summed E-state index contributed by atoms with van der Waals surface area (Å²) in [5.41, 5.74) is 1.06. The molecule has 10 N–H and O–H groups in total. The smallest absolute Gasteiger partial charge is 0.326 e. The number of carbonyl (C=O) groups excluding carboxylic acids is 3. The van der Waals surface area contributed by atoms with Gasteiger partial charge in [-0.05, 0) is 43.4 Å². The number of nitrogens with zero attached hydrogens (tertiary/aromatic N) is 4. The van der Waals surface area contributed by atoms with Crippen LogP contribution in [0, 0.1) is 0 Å². The summed E-state index contributed by atoms with van der Waals surface area (Å²) in [7, 11) is 0. The standard InChI is InChI=1S/C37H56N8O15/c46-29(21-43-13-11-42(20-28-36(58)60-28)12-15-44(22-31(49)50)17-18-45(16-14-43)23-32(51)52)39-19-24-4-6-25(7-5-24)33(53)38-10-2-1-3-26(34(54)55)40-37(59)41-27(35(56)57)8-9-30(47)48/h4-7,26-28,36,58H,1-3,8-23H2,(H,38,53)(H,39,46)(H,47,48)(H,49,50)(H,51,52)(H,54,55)(H,56,57)(H2,40,41,59). The number of rotatable bonds is 23.